The van der Waals surface area contributed by atoms with Gasteiger partial charge < -0.3 is 0 Å². The molecule has 0 unspecified atom stereocenters. The van der Waals surface area contributed by atoms with Crippen LogP contribution in [0.15, 0.2) is 24.3 Å². The molecule has 25 heavy (non-hydrogen) atoms. The first kappa shape index (κ1) is 25.3. The zero-order valence-corrected chi connectivity index (χ0v) is 21.0. The Labute approximate surface area is 164 Å². The first-order chi connectivity index (χ1) is 12.2. The second-order valence-corrected chi connectivity index (χ2v) is 22.3. The molecule has 0 saturated heterocycles. The van der Waals surface area contributed by atoms with Gasteiger partial charge in [-0.05, 0) is 0 Å². The van der Waals surface area contributed by atoms with Gasteiger partial charge in [-0.1, -0.05) is 0 Å². The quantitative estimate of drug-likeness (QED) is 0.110. The summed E-state index contributed by atoms with van der Waals surface area (Å²) in [7, 11) is 0. The van der Waals surface area contributed by atoms with Crippen molar-refractivity contribution in [3.8, 4) is 0 Å². The van der Waals surface area contributed by atoms with Crippen molar-refractivity contribution in [1.29, 1.82) is 0 Å². The van der Waals surface area contributed by atoms with E-state index >= 15 is 0 Å². The van der Waals surface area contributed by atoms with Gasteiger partial charge >= 0.3 is 165 Å². The second-order valence-electron chi connectivity index (χ2n) is 7.98. The van der Waals surface area contributed by atoms with E-state index in [2.05, 4.69) is 52.0 Å². The molecular formula is C24H48Sn. The number of unbranched alkanes of at least 4 members (excludes halogenated alkanes) is 6. The van der Waals surface area contributed by atoms with Crippen LogP contribution in [0.1, 0.15) is 105 Å². The third-order valence-electron chi connectivity index (χ3n) is 5.58. The van der Waals surface area contributed by atoms with Gasteiger partial charge in [0, 0.05) is 0 Å². The van der Waals surface area contributed by atoms with E-state index in [9.17, 15) is 0 Å². The molecule has 0 rings (SSSR count). The summed E-state index contributed by atoms with van der Waals surface area (Å²) < 4.78 is 6.74. The molecule has 0 nitrogen and oxygen atoms in total. The van der Waals surface area contributed by atoms with Gasteiger partial charge in [-0.25, -0.2) is 0 Å². The summed E-state index contributed by atoms with van der Waals surface area (Å²) in [5.74, 6) is 0. The molecule has 0 aliphatic carbocycles. The van der Waals surface area contributed by atoms with E-state index in [4.69, 9.17) is 0 Å². The van der Waals surface area contributed by atoms with Gasteiger partial charge in [-0.3, -0.25) is 0 Å². The van der Waals surface area contributed by atoms with Gasteiger partial charge in [0.05, 0.1) is 0 Å². The number of rotatable bonds is 18. The SMILES string of the molecule is CC/C=C/CC/C=C/CCC[CH2][Sn]([CH2]CCC)([CH2]CCC)[CH2]CCC. The molecule has 0 N–H and O–H groups in total. The summed E-state index contributed by atoms with van der Waals surface area (Å²) in [5.41, 5.74) is 0. The van der Waals surface area contributed by atoms with E-state index < -0.39 is 18.4 Å². The molecule has 0 heterocycles. The van der Waals surface area contributed by atoms with Crippen LogP contribution >= 0.6 is 0 Å². The molecule has 0 aromatic heterocycles. The van der Waals surface area contributed by atoms with Gasteiger partial charge in [-0.2, -0.15) is 0 Å². The fourth-order valence-electron chi connectivity index (χ4n) is 3.88. The van der Waals surface area contributed by atoms with Crippen LogP contribution in [0, 0.1) is 0 Å². The van der Waals surface area contributed by atoms with Crippen molar-refractivity contribution >= 4 is 18.4 Å². The predicted octanol–water partition coefficient (Wildman–Crippen LogP) is 9.31. The molecule has 0 amide bonds. The second kappa shape index (κ2) is 19.1. The van der Waals surface area contributed by atoms with Crippen LogP contribution in [0.2, 0.25) is 17.7 Å². The zero-order valence-electron chi connectivity index (χ0n) is 18.1. The van der Waals surface area contributed by atoms with Crippen molar-refractivity contribution in [2.45, 2.75) is 122 Å². The van der Waals surface area contributed by atoms with Gasteiger partial charge in [0.15, 0.2) is 0 Å². The van der Waals surface area contributed by atoms with Crippen LogP contribution in [0.3, 0.4) is 0 Å². The Kier molecular flexibility index (Phi) is 19.3. The Morgan fingerprint density at radius 1 is 0.480 bits per heavy atom. The zero-order chi connectivity index (χ0) is 18.6. The van der Waals surface area contributed by atoms with E-state index in [0.717, 1.165) is 0 Å². The molecule has 0 aliphatic heterocycles. The Bertz CT molecular complexity index is 294. The Hall–Kier alpha value is 0.279. The first-order valence-corrected chi connectivity index (χ1v) is 19.6. The predicted molar refractivity (Wildman–Crippen MR) is 121 cm³/mol. The van der Waals surface area contributed by atoms with Crippen LogP contribution in [-0.4, -0.2) is 18.4 Å². The van der Waals surface area contributed by atoms with Gasteiger partial charge in [0.2, 0.25) is 0 Å². The van der Waals surface area contributed by atoms with Gasteiger partial charge in [0.1, 0.15) is 0 Å². The summed E-state index contributed by atoms with van der Waals surface area (Å²) in [6, 6.07) is 0. The van der Waals surface area contributed by atoms with Crippen LogP contribution < -0.4 is 0 Å². The molecule has 0 radical (unpaired) electrons. The first-order valence-electron chi connectivity index (χ1n) is 11.5. The van der Waals surface area contributed by atoms with E-state index in [0.29, 0.717) is 0 Å². The molecule has 1 heteroatoms. The molecule has 0 saturated carbocycles. The summed E-state index contributed by atoms with van der Waals surface area (Å²) in [6.45, 7) is 9.36. The van der Waals surface area contributed by atoms with E-state index in [-0.39, 0.29) is 0 Å². The fourth-order valence-corrected chi connectivity index (χ4v) is 20.5. The standard InChI is InChI=1S/C12H21.3C4H9.Sn/c1-3-5-7-9-11-12-10-8-6-4-2;3*1-3-4-2;/h6,8-9,11H,1,3-5,7,10,12H2,2H3;3*1,3-4H2,2H3;/b8-6+,11-9+;;;;. The normalized spacial score (nSPS) is 12.6. The molecule has 148 valence electrons. The van der Waals surface area contributed by atoms with Gasteiger partial charge in [-0.15, -0.1) is 0 Å². The fraction of sp³-hybridized carbons (Fsp3) is 0.833. The van der Waals surface area contributed by atoms with E-state index in [1.807, 2.05) is 0 Å². The van der Waals surface area contributed by atoms with Crippen LogP contribution in [0.5, 0.6) is 0 Å². The van der Waals surface area contributed by atoms with Gasteiger partial charge in [0.25, 0.3) is 0 Å². The van der Waals surface area contributed by atoms with Crippen molar-refractivity contribution < 1.29 is 0 Å². The van der Waals surface area contributed by atoms with Crippen LogP contribution in [0.25, 0.3) is 0 Å². The minimum atomic E-state index is -1.82. The Balaban J connectivity index is 4.20. The molecule has 0 aliphatic rings. The average Bonchev–Trinajstić information content (AvgIpc) is 2.64. The summed E-state index contributed by atoms with van der Waals surface area (Å²) in [5, 5.41) is 0. The van der Waals surface area contributed by atoms with Crippen LogP contribution in [0.4, 0.5) is 0 Å². The minimum absolute atomic E-state index is 1.17. The maximum absolute atomic E-state index is 2.45. The molecule has 0 fully saturated rings. The van der Waals surface area contributed by atoms with Crippen molar-refractivity contribution in [3.63, 3.8) is 0 Å². The van der Waals surface area contributed by atoms with Crippen molar-refractivity contribution in [1.82, 2.24) is 0 Å². The molecule has 0 bridgehead atoms. The molecular weight excluding hydrogens is 407 g/mol. The van der Waals surface area contributed by atoms with E-state index in [1.165, 1.54) is 77.0 Å². The molecule has 0 aromatic carbocycles. The topological polar surface area (TPSA) is 0 Å². The summed E-state index contributed by atoms with van der Waals surface area (Å²) in [6.07, 6.45) is 26.1. The Morgan fingerprint density at radius 3 is 1.40 bits per heavy atom. The number of hydrogen-bond donors (Lipinski definition) is 0. The molecule has 0 atom stereocenters. The third kappa shape index (κ3) is 15.1. The third-order valence-corrected chi connectivity index (χ3v) is 21.7. The monoisotopic (exact) mass is 456 g/mol. The number of hydrogen-bond acceptors (Lipinski definition) is 0. The van der Waals surface area contributed by atoms with Crippen LogP contribution in [-0.2, 0) is 0 Å². The average molecular weight is 455 g/mol. The molecule has 0 aromatic rings. The van der Waals surface area contributed by atoms with E-state index in [1.54, 1.807) is 17.7 Å². The number of allylic oxidation sites excluding steroid dienone is 4. The Morgan fingerprint density at radius 2 is 0.920 bits per heavy atom. The summed E-state index contributed by atoms with van der Waals surface area (Å²) in [4.78, 5) is 0. The van der Waals surface area contributed by atoms with Crippen molar-refractivity contribution in [3.05, 3.63) is 24.3 Å². The van der Waals surface area contributed by atoms with Crippen molar-refractivity contribution in [2.75, 3.05) is 0 Å². The summed E-state index contributed by atoms with van der Waals surface area (Å²) >= 11 is -1.82. The molecule has 0 spiro atoms. The maximum atomic E-state index is 2.45. The van der Waals surface area contributed by atoms with Crippen molar-refractivity contribution in [2.24, 2.45) is 0 Å².